The van der Waals surface area contributed by atoms with E-state index in [1.165, 1.54) is 32.1 Å². The topological polar surface area (TPSA) is 73.9 Å². The molecule has 0 bridgehead atoms. The first-order chi connectivity index (χ1) is 12.7. The van der Waals surface area contributed by atoms with Crippen molar-refractivity contribution in [1.82, 2.24) is 15.0 Å². The van der Waals surface area contributed by atoms with Crippen LogP contribution in [0.25, 0.3) is 21.8 Å². The number of rotatable bonds is 2. The molecule has 5 rings (SSSR count). The van der Waals surface area contributed by atoms with E-state index in [-0.39, 0.29) is 5.56 Å². The highest BCUT2D eigenvalue weighted by molar-refractivity contribution is 6.04. The summed E-state index contributed by atoms with van der Waals surface area (Å²) in [5.41, 5.74) is 2.15. The average molecular weight is 349 g/mol. The van der Waals surface area contributed by atoms with Crippen LogP contribution in [0.5, 0.6) is 0 Å². The van der Waals surface area contributed by atoms with E-state index in [4.69, 9.17) is 0 Å². The predicted molar refractivity (Wildman–Crippen MR) is 105 cm³/mol. The fourth-order valence-corrected chi connectivity index (χ4v) is 4.81. The Balaban J connectivity index is 1.58. The fraction of sp³-hybridized carbons (Fsp3) is 0.450. The van der Waals surface area contributed by atoms with Crippen LogP contribution >= 0.6 is 0 Å². The maximum absolute atomic E-state index is 12.7. The van der Waals surface area contributed by atoms with Crippen LogP contribution in [0.15, 0.2) is 29.2 Å². The highest BCUT2D eigenvalue weighted by Crippen LogP contribution is 2.46. The van der Waals surface area contributed by atoms with E-state index in [1.54, 1.807) is 13.2 Å². The molecule has 3 aromatic rings. The van der Waals surface area contributed by atoms with E-state index < -0.39 is 0 Å². The monoisotopic (exact) mass is 349 g/mol. The summed E-state index contributed by atoms with van der Waals surface area (Å²) in [6, 6.07) is 6.22. The van der Waals surface area contributed by atoms with E-state index >= 15 is 0 Å². The summed E-state index contributed by atoms with van der Waals surface area (Å²) >= 11 is 0. The van der Waals surface area contributed by atoms with Gasteiger partial charge in [-0.2, -0.15) is 4.98 Å². The Hall–Kier alpha value is -2.63. The van der Waals surface area contributed by atoms with Crippen LogP contribution in [-0.2, 0) is 0 Å². The van der Waals surface area contributed by atoms with E-state index in [9.17, 15) is 4.79 Å². The van der Waals surface area contributed by atoms with Crippen molar-refractivity contribution in [2.24, 2.45) is 5.41 Å². The van der Waals surface area contributed by atoms with E-state index in [0.29, 0.717) is 22.4 Å². The van der Waals surface area contributed by atoms with Gasteiger partial charge in [0, 0.05) is 42.8 Å². The van der Waals surface area contributed by atoms with E-state index in [0.717, 1.165) is 29.5 Å². The lowest BCUT2D eigenvalue weighted by Gasteiger charge is -2.24. The minimum atomic E-state index is -0.0927. The SMILES string of the molecule is CNc1ncc2c(n1)[nH]c(=O)c1cc(N3CCC4(CCCC4)C3)ccc12. The first-order valence-electron chi connectivity index (χ1n) is 9.43. The molecule has 134 valence electrons. The maximum Gasteiger partial charge on any atom is 0.257 e. The number of hydrogen-bond donors (Lipinski definition) is 2. The number of nitrogens with one attached hydrogen (secondary N) is 2. The molecule has 1 spiro atoms. The van der Waals surface area contributed by atoms with Crippen molar-refractivity contribution < 1.29 is 0 Å². The van der Waals surface area contributed by atoms with Gasteiger partial charge in [0.1, 0.15) is 5.65 Å². The molecule has 2 aliphatic rings. The smallest absolute Gasteiger partial charge is 0.257 e. The van der Waals surface area contributed by atoms with Crippen molar-refractivity contribution in [3.63, 3.8) is 0 Å². The molecule has 2 aromatic heterocycles. The number of fused-ring (bicyclic) bond motifs is 3. The van der Waals surface area contributed by atoms with Gasteiger partial charge in [0.25, 0.3) is 5.56 Å². The lowest BCUT2D eigenvalue weighted by atomic mass is 9.86. The quantitative estimate of drug-likeness (QED) is 0.695. The number of hydrogen-bond acceptors (Lipinski definition) is 5. The van der Waals surface area contributed by atoms with Crippen molar-refractivity contribution in [1.29, 1.82) is 0 Å². The van der Waals surface area contributed by atoms with Gasteiger partial charge in [-0.1, -0.05) is 18.9 Å². The molecular weight excluding hydrogens is 326 g/mol. The van der Waals surface area contributed by atoms with Gasteiger partial charge in [-0.15, -0.1) is 0 Å². The van der Waals surface area contributed by atoms with Crippen LogP contribution in [-0.4, -0.2) is 35.1 Å². The third-order valence-electron chi connectivity index (χ3n) is 6.25. The molecule has 1 saturated heterocycles. The van der Waals surface area contributed by atoms with E-state index in [2.05, 4.69) is 31.2 Å². The lowest BCUT2D eigenvalue weighted by molar-refractivity contribution is 0.341. The van der Waals surface area contributed by atoms with Gasteiger partial charge >= 0.3 is 0 Å². The van der Waals surface area contributed by atoms with Gasteiger partial charge in [-0.3, -0.25) is 4.79 Å². The normalized spacial score (nSPS) is 19.0. The summed E-state index contributed by atoms with van der Waals surface area (Å²) in [7, 11) is 1.76. The van der Waals surface area contributed by atoms with Crippen LogP contribution < -0.4 is 15.8 Å². The van der Waals surface area contributed by atoms with Crippen LogP contribution in [0.1, 0.15) is 32.1 Å². The minimum Gasteiger partial charge on any atom is -0.371 e. The van der Waals surface area contributed by atoms with Crippen LogP contribution in [0.3, 0.4) is 0 Å². The second-order valence-corrected chi connectivity index (χ2v) is 7.77. The number of nitrogens with zero attached hydrogens (tertiary/aromatic N) is 3. The van der Waals surface area contributed by atoms with Crippen molar-refractivity contribution in [2.45, 2.75) is 32.1 Å². The van der Waals surface area contributed by atoms with Gasteiger partial charge in [-0.05, 0) is 42.2 Å². The molecule has 26 heavy (non-hydrogen) atoms. The molecule has 2 fully saturated rings. The van der Waals surface area contributed by atoms with Gasteiger partial charge in [0.05, 0.1) is 0 Å². The Bertz CT molecular complexity index is 1050. The van der Waals surface area contributed by atoms with Crippen LogP contribution in [0, 0.1) is 5.41 Å². The summed E-state index contributed by atoms with van der Waals surface area (Å²) in [6.45, 7) is 2.21. The third kappa shape index (κ3) is 2.35. The molecule has 1 aromatic carbocycles. The molecule has 2 N–H and O–H groups in total. The third-order valence-corrected chi connectivity index (χ3v) is 6.25. The second kappa shape index (κ2) is 5.69. The summed E-state index contributed by atoms with van der Waals surface area (Å²) < 4.78 is 0. The standard InChI is InChI=1S/C20H23N5O/c1-21-19-22-11-16-14-5-4-13(10-15(14)18(26)23-17(16)24-19)25-9-8-20(12-25)6-2-3-7-20/h4-5,10-11H,2-3,6-9,12H2,1H3,(H2,21,22,23,24,26). The maximum atomic E-state index is 12.7. The summed E-state index contributed by atoms with van der Waals surface area (Å²) in [5, 5.41) is 5.40. The molecule has 1 aliphatic carbocycles. The summed E-state index contributed by atoms with van der Waals surface area (Å²) in [5.74, 6) is 0.503. The Kier molecular flexibility index (Phi) is 3.42. The summed E-state index contributed by atoms with van der Waals surface area (Å²) in [4.78, 5) is 26.7. The first kappa shape index (κ1) is 15.6. The molecule has 0 unspecified atom stereocenters. The molecular formula is C20H23N5O. The molecule has 0 amide bonds. The molecule has 3 heterocycles. The first-order valence-corrected chi connectivity index (χ1v) is 9.43. The van der Waals surface area contributed by atoms with Gasteiger partial charge < -0.3 is 15.2 Å². The second-order valence-electron chi connectivity index (χ2n) is 7.77. The number of pyridine rings is 1. The zero-order valence-electron chi connectivity index (χ0n) is 15.0. The molecule has 6 nitrogen and oxygen atoms in total. The molecule has 0 radical (unpaired) electrons. The Morgan fingerprint density at radius 3 is 2.81 bits per heavy atom. The Morgan fingerprint density at radius 1 is 1.15 bits per heavy atom. The zero-order chi connectivity index (χ0) is 17.7. The summed E-state index contributed by atoms with van der Waals surface area (Å²) in [6.07, 6.45) is 8.49. The van der Waals surface area contributed by atoms with Crippen molar-refractivity contribution in [3.8, 4) is 0 Å². The average Bonchev–Trinajstić information content (AvgIpc) is 3.31. The molecule has 0 atom stereocenters. The van der Waals surface area contributed by atoms with Gasteiger partial charge in [-0.25, -0.2) is 4.98 Å². The predicted octanol–water partition coefficient (Wildman–Crippen LogP) is 3.28. The lowest BCUT2D eigenvalue weighted by Crippen LogP contribution is -2.24. The minimum absolute atomic E-state index is 0.0927. The Morgan fingerprint density at radius 2 is 2.00 bits per heavy atom. The molecule has 1 saturated carbocycles. The number of H-pyrrole nitrogens is 1. The number of aromatic amines is 1. The highest BCUT2D eigenvalue weighted by atomic mass is 16.1. The largest absolute Gasteiger partial charge is 0.371 e. The zero-order valence-corrected chi connectivity index (χ0v) is 15.0. The van der Waals surface area contributed by atoms with Crippen molar-refractivity contribution in [3.05, 3.63) is 34.7 Å². The van der Waals surface area contributed by atoms with Gasteiger partial charge in [0.2, 0.25) is 5.95 Å². The number of benzene rings is 1. The molecule has 6 heteroatoms. The van der Waals surface area contributed by atoms with E-state index in [1.807, 2.05) is 12.1 Å². The van der Waals surface area contributed by atoms with Gasteiger partial charge in [0.15, 0.2) is 0 Å². The van der Waals surface area contributed by atoms with Crippen molar-refractivity contribution >= 4 is 33.4 Å². The van der Waals surface area contributed by atoms with Crippen LogP contribution in [0.2, 0.25) is 0 Å². The van der Waals surface area contributed by atoms with Crippen molar-refractivity contribution in [2.75, 3.05) is 30.4 Å². The number of aromatic nitrogens is 3. The fourth-order valence-electron chi connectivity index (χ4n) is 4.81. The molecule has 1 aliphatic heterocycles. The Labute approximate surface area is 151 Å². The number of anilines is 2. The highest BCUT2D eigenvalue weighted by Gasteiger charge is 2.40. The van der Waals surface area contributed by atoms with Crippen LogP contribution in [0.4, 0.5) is 11.6 Å².